The van der Waals surface area contributed by atoms with Crippen LogP contribution in [0.25, 0.3) is 0 Å². The van der Waals surface area contributed by atoms with Crippen molar-refractivity contribution in [1.29, 1.82) is 0 Å². The fourth-order valence-electron chi connectivity index (χ4n) is 12.1. The maximum Gasteiger partial charge on any atom is 0.406 e. The minimum Gasteiger partial charge on any atom is -0.447 e. The van der Waals surface area contributed by atoms with Gasteiger partial charge < -0.3 is 19.9 Å². The lowest BCUT2D eigenvalue weighted by molar-refractivity contribution is -0.146. The monoisotopic (exact) mass is 501 g/mol. The van der Waals surface area contributed by atoms with Crippen LogP contribution in [-0.4, -0.2) is 43.2 Å². The molecule has 1 amide bonds. The third-order valence-electron chi connectivity index (χ3n) is 13.2. The van der Waals surface area contributed by atoms with E-state index in [0.29, 0.717) is 46.7 Å². The molecule has 2 N–H and O–H groups in total. The number of alkyl carbamates (subject to hydrolysis) is 1. The number of aliphatic hydroxyl groups excluding tert-OH is 1. The highest BCUT2D eigenvalue weighted by Gasteiger charge is 2.70. The van der Waals surface area contributed by atoms with Crippen molar-refractivity contribution in [3.8, 4) is 0 Å². The SMILES string of the molecule is CNC(=O)OCC1CC(C)C2C(CC3C4CCC5C6(CCCC(O)C5(C)C)CC4(CCCC32C)C6)O1. The molecule has 5 heteroatoms. The minimum atomic E-state index is -0.360. The van der Waals surface area contributed by atoms with Crippen molar-refractivity contribution in [2.24, 2.45) is 51.2 Å². The van der Waals surface area contributed by atoms with E-state index in [1.54, 1.807) is 7.05 Å². The molecule has 1 aliphatic heterocycles. The first kappa shape index (κ1) is 25.5. The van der Waals surface area contributed by atoms with Gasteiger partial charge in [-0.15, -0.1) is 0 Å². The second kappa shape index (κ2) is 8.60. The fraction of sp³-hybridized carbons (Fsp3) is 0.968. The van der Waals surface area contributed by atoms with Gasteiger partial charge in [0.1, 0.15) is 6.61 Å². The van der Waals surface area contributed by atoms with Gasteiger partial charge in [0.2, 0.25) is 0 Å². The largest absolute Gasteiger partial charge is 0.447 e. The fourth-order valence-corrected chi connectivity index (χ4v) is 12.1. The molecule has 204 valence electrons. The summed E-state index contributed by atoms with van der Waals surface area (Å²) < 4.78 is 12.2. The van der Waals surface area contributed by atoms with E-state index in [4.69, 9.17) is 9.47 Å². The first-order valence-electron chi connectivity index (χ1n) is 15.2. The van der Waals surface area contributed by atoms with Crippen LogP contribution in [0.1, 0.15) is 105 Å². The predicted molar refractivity (Wildman–Crippen MR) is 140 cm³/mol. The zero-order valence-electron chi connectivity index (χ0n) is 23.5. The minimum absolute atomic E-state index is 0.0217. The standard InChI is InChI=1S/C31H51NO4/c1-19-14-20(16-35-27(34)32-5)36-23-15-22-21-9-10-24-28(2,3)25(33)8-6-12-31(24)17-30(21,18-31)13-7-11-29(22,4)26(19)23/h19-26,33H,6-18H2,1-5H3,(H,32,34). The lowest BCUT2D eigenvalue weighted by atomic mass is 9.42. The highest BCUT2D eigenvalue weighted by molar-refractivity contribution is 5.66. The van der Waals surface area contributed by atoms with Crippen LogP contribution < -0.4 is 5.32 Å². The Kier molecular flexibility index (Phi) is 6.08. The molecule has 1 saturated heterocycles. The van der Waals surface area contributed by atoms with Gasteiger partial charge in [0.15, 0.2) is 0 Å². The van der Waals surface area contributed by atoms with E-state index >= 15 is 0 Å². The van der Waals surface area contributed by atoms with Gasteiger partial charge in [-0.3, -0.25) is 0 Å². The number of carbonyl (C=O) groups excluding carboxylic acids is 1. The first-order chi connectivity index (χ1) is 17.0. The average Bonchev–Trinajstić information content (AvgIpc) is 2.91. The molecule has 0 radical (unpaired) electrons. The Hall–Kier alpha value is -0.810. The zero-order valence-corrected chi connectivity index (χ0v) is 23.5. The van der Waals surface area contributed by atoms with Crippen LogP contribution in [0.3, 0.4) is 0 Å². The number of hydrogen-bond acceptors (Lipinski definition) is 4. The molecular formula is C31H51NO4. The molecule has 0 aromatic heterocycles. The molecule has 0 aromatic carbocycles. The number of amides is 1. The number of rotatable bonds is 2. The van der Waals surface area contributed by atoms with Gasteiger partial charge in [0.25, 0.3) is 0 Å². The Morgan fingerprint density at radius 1 is 1.00 bits per heavy atom. The molecule has 2 bridgehead atoms. The number of nitrogens with one attached hydrogen (secondary N) is 1. The van der Waals surface area contributed by atoms with E-state index in [1.165, 1.54) is 64.2 Å². The summed E-state index contributed by atoms with van der Waals surface area (Å²) in [5, 5.41) is 13.7. The molecule has 2 spiro atoms. The van der Waals surface area contributed by atoms with Crippen molar-refractivity contribution in [1.82, 2.24) is 5.32 Å². The van der Waals surface area contributed by atoms with Crippen molar-refractivity contribution in [2.45, 2.75) is 123 Å². The van der Waals surface area contributed by atoms with Crippen LogP contribution in [-0.2, 0) is 9.47 Å². The van der Waals surface area contributed by atoms with Crippen LogP contribution in [0.5, 0.6) is 0 Å². The predicted octanol–water partition coefficient (Wildman–Crippen LogP) is 6.33. The molecule has 7 fully saturated rings. The van der Waals surface area contributed by atoms with Crippen molar-refractivity contribution >= 4 is 6.09 Å². The molecular weight excluding hydrogens is 450 g/mol. The van der Waals surface area contributed by atoms with E-state index in [2.05, 4.69) is 33.0 Å². The van der Waals surface area contributed by atoms with Crippen molar-refractivity contribution in [2.75, 3.05) is 13.7 Å². The second-order valence-corrected chi connectivity index (χ2v) is 15.1. The molecule has 0 aromatic rings. The van der Waals surface area contributed by atoms with Gasteiger partial charge in [0, 0.05) is 7.05 Å². The number of fused-ring (bicyclic) bond motifs is 4. The number of carbonyl (C=O) groups is 1. The smallest absolute Gasteiger partial charge is 0.406 e. The summed E-state index contributed by atoms with van der Waals surface area (Å²) in [4.78, 5) is 11.7. The number of aliphatic hydroxyl groups is 1. The second-order valence-electron chi connectivity index (χ2n) is 15.1. The molecule has 5 nitrogen and oxygen atoms in total. The lowest BCUT2D eigenvalue weighted by Gasteiger charge is -2.63. The Morgan fingerprint density at radius 2 is 1.75 bits per heavy atom. The Morgan fingerprint density at radius 3 is 2.50 bits per heavy atom. The molecule has 7 aliphatic rings. The molecule has 7 rings (SSSR count). The average molecular weight is 502 g/mol. The molecule has 1 heterocycles. The van der Waals surface area contributed by atoms with Crippen molar-refractivity contribution < 1.29 is 19.4 Å². The Labute approximate surface area is 218 Å². The van der Waals surface area contributed by atoms with E-state index in [-0.39, 0.29) is 23.7 Å². The summed E-state index contributed by atoms with van der Waals surface area (Å²) in [5.41, 5.74) is 1.40. The van der Waals surface area contributed by atoms with Gasteiger partial charge >= 0.3 is 6.09 Å². The van der Waals surface area contributed by atoms with Crippen molar-refractivity contribution in [3.63, 3.8) is 0 Å². The van der Waals surface area contributed by atoms with Gasteiger partial charge in [-0.25, -0.2) is 4.79 Å². The summed E-state index contributed by atoms with van der Waals surface area (Å²) in [6.07, 6.45) is 15.2. The third kappa shape index (κ3) is 3.57. The van der Waals surface area contributed by atoms with Crippen LogP contribution in [0, 0.1) is 51.2 Å². The quantitative estimate of drug-likeness (QED) is 0.464. The van der Waals surface area contributed by atoms with E-state index < -0.39 is 0 Å². The van der Waals surface area contributed by atoms with E-state index in [1.807, 2.05) is 0 Å². The lowest BCUT2D eigenvalue weighted by Crippen LogP contribution is -2.55. The van der Waals surface area contributed by atoms with Crippen molar-refractivity contribution in [3.05, 3.63) is 0 Å². The maximum atomic E-state index is 11.7. The topological polar surface area (TPSA) is 67.8 Å². The van der Waals surface area contributed by atoms with Crippen LogP contribution in [0.15, 0.2) is 0 Å². The molecule has 9 unspecified atom stereocenters. The number of ether oxygens (including phenoxy) is 2. The van der Waals surface area contributed by atoms with Gasteiger partial charge in [-0.2, -0.15) is 0 Å². The van der Waals surface area contributed by atoms with E-state index in [9.17, 15) is 9.90 Å². The third-order valence-corrected chi connectivity index (χ3v) is 13.2. The van der Waals surface area contributed by atoms with Crippen LogP contribution >= 0.6 is 0 Å². The van der Waals surface area contributed by atoms with Gasteiger partial charge in [-0.05, 0) is 115 Å². The maximum absolute atomic E-state index is 11.7. The first-order valence-corrected chi connectivity index (χ1v) is 15.2. The molecule has 6 saturated carbocycles. The molecule has 9 atom stereocenters. The number of hydrogen-bond donors (Lipinski definition) is 2. The summed E-state index contributed by atoms with van der Waals surface area (Å²) in [6, 6.07) is 0. The Bertz CT molecular complexity index is 865. The van der Waals surface area contributed by atoms with Crippen LogP contribution in [0.4, 0.5) is 4.79 Å². The Balaban J connectivity index is 1.26. The summed E-state index contributed by atoms with van der Waals surface area (Å²) in [5.74, 6) is 3.43. The van der Waals surface area contributed by atoms with Gasteiger partial charge in [-0.1, -0.05) is 40.5 Å². The summed E-state index contributed by atoms with van der Waals surface area (Å²) in [7, 11) is 1.61. The van der Waals surface area contributed by atoms with Gasteiger partial charge in [0.05, 0.1) is 18.3 Å². The summed E-state index contributed by atoms with van der Waals surface area (Å²) >= 11 is 0. The van der Waals surface area contributed by atoms with E-state index in [0.717, 1.165) is 24.7 Å². The normalized spacial score (nSPS) is 53.2. The molecule has 6 aliphatic carbocycles. The highest BCUT2D eigenvalue weighted by atomic mass is 16.6. The molecule has 36 heavy (non-hydrogen) atoms. The summed E-state index contributed by atoms with van der Waals surface area (Å²) in [6.45, 7) is 10.2. The highest BCUT2D eigenvalue weighted by Crippen LogP contribution is 2.77. The zero-order chi connectivity index (χ0) is 25.5. The van der Waals surface area contributed by atoms with Crippen LogP contribution in [0.2, 0.25) is 0 Å².